The van der Waals surface area contributed by atoms with Crippen LogP contribution < -0.4 is 5.73 Å². The number of amides is 1. The maximum atomic E-state index is 11.1. The predicted molar refractivity (Wildman–Crippen MR) is 52.7 cm³/mol. The van der Waals surface area contributed by atoms with Crippen molar-refractivity contribution in [2.45, 2.75) is 12.5 Å². The fraction of sp³-hybridized carbons (Fsp3) is 0.273. The maximum Gasteiger partial charge on any atom is 0.248 e. The molecule has 1 aliphatic heterocycles. The van der Waals surface area contributed by atoms with Crippen LogP contribution in [0, 0.1) is 6.42 Å². The molecule has 1 aliphatic rings. The van der Waals surface area contributed by atoms with Gasteiger partial charge in [0.2, 0.25) is 5.91 Å². The first-order chi connectivity index (χ1) is 6.77. The number of ether oxygens (including phenoxy) is 1. The van der Waals surface area contributed by atoms with Crippen LogP contribution in [0.2, 0.25) is 0 Å². The van der Waals surface area contributed by atoms with Gasteiger partial charge in [-0.2, -0.15) is 0 Å². The standard InChI is InChI=1S/C11H12NO2/c12-11(13)10-4-2-1-3-8(10)5-6-9-7-14-9/h1-4,6,9H,5,7H2,(H2,12,13)/t9-/m0/s1. The summed E-state index contributed by atoms with van der Waals surface area (Å²) in [6, 6.07) is 7.39. The first-order valence-electron chi connectivity index (χ1n) is 4.60. The Morgan fingerprint density at radius 1 is 1.57 bits per heavy atom. The Morgan fingerprint density at radius 2 is 2.29 bits per heavy atom. The minimum Gasteiger partial charge on any atom is -0.373 e. The SMILES string of the molecule is NC(=O)c1ccccc1C[CH][C@H]1CO1. The molecule has 73 valence electrons. The lowest BCUT2D eigenvalue weighted by molar-refractivity contribution is 0.0999. The molecule has 3 heteroatoms. The molecule has 3 nitrogen and oxygen atoms in total. The summed E-state index contributed by atoms with van der Waals surface area (Å²) in [6.45, 7) is 0.804. The molecule has 2 N–H and O–H groups in total. The van der Waals surface area contributed by atoms with E-state index >= 15 is 0 Å². The zero-order valence-electron chi connectivity index (χ0n) is 7.77. The van der Waals surface area contributed by atoms with Crippen molar-refractivity contribution in [3.05, 3.63) is 41.8 Å². The number of nitrogens with two attached hydrogens (primary N) is 1. The molecule has 1 heterocycles. The number of primary amides is 1. The summed E-state index contributed by atoms with van der Waals surface area (Å²) in [6.07, 6.45) is 3.07. The van der Waals surface area contributed by atoms with E-state index in [4.69, 9.17) is 10.5 Å². The molecule has 0 unspecified atom stereocenters. The summed E-state index contributed by atoms with van der Waals surface area (Å²) in [5.41, 5.74) is 6.82. The Morgan fingerprint density at radius 3 is 2.93 bits per heavy atom. The molecular formula is C11H12NO2. The quantitative estimate of drug-likeness (QED) is 0.718. The molecule has 1 amide bonds. The number of hydrogen-bond donors (Lipinski definition) is 1. The van der Waals surface area contributed by atoms with Gasteiger partial charge in [-0.05, 0) is 24.5 Å². The van der Waals surface area contributed by atoms with Gasteiger partial charge >= 0.3 is 0 Å². The predicted octanol–water partition coefficient (Wildman–Crippen LogP) is 0.931. The monoisotopic (exact) mass is 190 g/mol. The van der Waals surface area contributed by atoms with Gasteiger partial charge in [-0.15, -0.1) is 0 Å². The first kappa shape index (κ1) is 9.21. The maximum absolute atomic E-state index is 11.1. The molecule has 0 saturated carbocycles. The van der Waals surface area contributed by atoms with Crippen molar-refractivity contribution in [1.82, 2.24) is 0 Å². The average Bonchev–Trinajstić information content (AvgIpc) is 2.98. The van der Waals surface area contributed by atoms with Crippen molar-refractivity contribution < 1.29 is 9.53 Å². The highest BCUT2D eigenvalue weighted by molar-refractivity contribution is 5.94. The lowest BCUT2D eigenvalue weighted by Gasteiger charge is -2.04. The zero-order valence-corrected chi connectivity index (χ0v) is 7.77. The van der Waals surface area contributed by atoms with Gasteiger partial charge in [-0.25, -0.2) is 0 Å². The van der Waals surface area contributed by atoms with Crippen LogP contribution in [-0.4, -0.2) is 18.6 Å². The van der Waals surface area contributed by atoms with Crippen molar-refractivity contribution in [2.75, 3.05) is 6.61 Å². The smallest absolute Gasteiger partial charge is 0.248 e. The van der Waals surface area contributed by atoms with Crippen LogP contribution in [0.1, 0.15) is 15.9 Å². The Hall–Kier alpha value is -1.35. The van der Waals surface area contributed by atoms with Crippen LogP contribution >= 0.6 is 0 Å². The molecular weight excluding hydrogens is 178 g/mol. The Balaban J connectivity index is 2.09. The minimum absolute atomic E-state index is 0.274. The van der Waals surface area contributed by atoms with Crippen molar-refractivity contribution in [3.8, 4) is 0 Å². The van der Waals surface area contributed by atoms with E-state index in [1.165, 1.54) is 0 Å². The first-order valence-corrected chi connectivity index (χ1v) is 4.60. The Bertz CT molecular complexity index is 345. The van der Waals surface area contributed by atoms with Gasteiger partial charge in [0.25, 0.3) is 0 Å². The number of epoxide rings is 1. The molecule has 1 aromatic carbocycles. The highest BCUT2D eigenvalue weighted by Crippen LogP contribution is 2.17. The number of benzene rings is 1. The molecule has 1 fully saturated rings. The number of carbonyl (C=O) groups excluding carboxylic acids is 1. The number of rotatable bonds is 4. The molecule has 0 aromatic heterocycles. The largest absolute Gasteiger partial charge is 0.373 e. The number of carbonyl (C=O) groups is 1. The third kappa shape index (κ3) is 2.12. The second-order valence-corrected chi connectivity index (χ2v) is 3.33. The number of hydrogen-bond acceptors (Lipinski definition) is 2. The van der Waals surface area contributed by atoms with Gasteiger partial charge in [0, 0.05) is 5.56 Å². The van der Waals surface area contributed by atoms with E-state index in [0.717, 1.165) is 18.6 Å². The molecule has 14 heavy (non-hydrogen) atoms. The molecule has 0 spiro atoms. The minimum atomic E-state index is -0.370. The lowest BCUT2D eigenvalue weighted by Crippen LogP contribution is -2.13. The van der Waals surface area contributed by atoms with Gasteiger partial charge in [-0.1, -0.05) is 18.2 Å². The summed E-state index contributed by atoms with van der Waals surface area (Å²) < 4.78 is 5.06. The molecule has 2 rings (SSSR count). The molecule has 1 atom stereocenters. The summed E-state index contributed by atoms with van der Waals surface area (Å²) in [7, 11) is 0. The van der Waals surface area contributed by atoms with Crippen molar-refractivity contribution in [1.29, 1.82) is 0 Å². The highest BCUT2D eigenvalue weighted by Gasteiger charge is 2.22. The second-order valence-electron chi connectivity index (χ2n) is 3.33. The normalized spacial score (nSPS) is 19.3. The second kappa shape index (κ2) is 3.80. The van der Waals surface area contributed by atoms with Crippen LogP contribution in [0.3, 0.4) is 0 Å². The fourth-order valence-electron chi connectivity index (χ4n) is 1.39. The van der Waals surface area contributed by atoms with Gasteiger partial charge in [0.15, 0.2) is 0 Å². The van der Waals surface area contributed by atoms with Crippen LogP contribution in [0.5, 0.6) is 0 Å². The summed E-state index contributed by atoms with van der Waals surface area (Å²) in [5.74, 6) is -0.370. The third-order valence-corrected chi connectivity index (χ3v) is 2.24. The molecule has 1 saturated heterocycles. The van der Waals surface area contributed by atoms with E-state index in [-0.39, 0.29) is 12.0 Å². The topological polar surface area (TPSA) is 55.6 Å². The Kier molecular flexibility index (Phi) is 2.50. The van der Waals surface area contributed by atoms with E-state index in [0.29, 0.717) is 5.56 Å². The zero-order chi connectivity index (χ0) is 9.97. The van der Waals surface area contributed by atoms with Gasteiger partial charge in [0.1, 0.15) is 0 Å². The fourth-order valence-corrected chi connectivity index (χ4v) is 1.39. The van der Waals surface area contributed by atoms with Gasteiger partial charge in [0.05, 0.1) is 12.7 Å². The van der Waals surface area contributed by atoms with Crippen molar-refractivity contribution in [3.63, 3.8) is 0 Å². The van der Waals surface area contributed by atoms with Gasteiger partial charge in [-0.3, -0.25) is 4.79 Å². The molecule has 0 aliphatic carbocycles. The van der Waals surface area contributed by atoms with Crippen LogP contribution in [0.25, 0.3) is 0 Å². The summed E-state index contributed by atoms with van der Waals surface area (Å²) in [5, 5.41) is 0. The van der Waals surface area contributed by atoms with Crippen molar-refractivity contribution in [2.24, 2.45) is 5.73 Å². The summed E-state index contributed by atoms with van der Waals surface area (Å²) in [4.78, 5) is 11.1. The van der Waals surface area contributed by atoms with Gasteiger partial charge < -0.3 is 10.5 Å². The Labute approximate surface area is 82.9 Å². The van der Waals surface area contributed by atoms with Crippen LogP contribution in [-0.2, 0) is 11.2 Å². The van der Waals surface area contributed by atoms with E-state index < -0.39 is 0 Å². The third-order valence-electron chi connectivity index (χ3n) is 2.24. The van der Waals surface area contributed by atoms with Crippen molar-refractivity contribution >= 4 is 5.91 Å². The van der Waals surface area contributed by atoms with E-state index in [1.807, 2.05) is 18.2 Å². The molecule has 0 bridgehead atoms. The molecule has 1 radical (unpaired) electrons. The van der Waals surface area contributed by atoms with Crippen LogP contribution in [0.15, 0.2) is 24.3 Å². The highest BCUT2D eigenvalue weighted by atomic mass is 16.6. The molecule has 1 aromatic rings. The van der Waals surface area contributed by atoms with Crippen LogP contribution in [0.4, 0.5) is 0 Å². The van der Waals surface area contributed by atoms with E-state index in [2.05, 4.69) is 6.42 Å². The van der Waals surface area contributed by atoms with E-state index in [9.17, 15) is 4.79 Å². The average molecular weight is 190 g/mol. The lowest BCUT2D eigenvalue weighted by atomic mass is 10.0. The van der Waals surface area contributed by atoms with E-state index in [1.54, 1.807) is 6.07 Å². The summed E-state index contributed by atoms with van der Waals surface area (Å²) >= 11 is 0.